The molecule has 1 fully saturated rings. The second-order valence-electron chi connectivity index (χ2n) is 11.7. The molecule has 0 radical (unpaired) electrons. The zero-order valence-corrected chi connectivity index (χ0v) is 24.4. The summed E-state index contributed by atoms with van der Waals surface area (Å²) in [5, 5.41) is 41.7. The van der Waals surface area contributed by atoms with E-state index in [0.29, 0.717) is 24.8 Å². The van der Waals surface area contributed by atoms with Crippen LogP contribution in [0.4, 0.5) is 0 Å². The van der Waals surface area contributed by atoms with Gasteiger partial charge in [-0.3, -0.25) is 9.59 Å². The highest BCUT2D eigenvalue weighted by molar-refractivity contribution is 5.71. The highest BCUT2D eigenvalue weighted by Gasteiger charge is 2.47. The summed E-state index contributed by atoms with van der Waals surface area (Å²) in [5.74, 6) is -3.94. The smallest absolute Gasteiger partial charge is 0.311 e. The Labute approximate surface area is 232 Å². The molecule has 0 aromatic rings. The van der Waals surface area contributed by atoms with Crippen LogP contribution in [0.5, 0.6) is 0 Å². The molecule has 0 saturated carbocycles. The number of hydrogen-bond acceptors (Lipinski definition) is 9. The van der Waals surface area contributed by atoms with E-state index in [1.54, 1.807) is 38.2 Å². The van der Waals surface area contributed by atoms with E-state index in [9.17, 15) is 30.0 Å². The lowest BCUT2D eigenvalue weighted by molar-refractivity contribution is -0.192. The van der Waals surface area contributed by atoms with Crippen molar-refractivity contribution in [2.24, 2.45) is 17.8 Å². The van der Waals surface area contributed by atoms with Gasteiger partial charge in [-0.05, 0) is 44.3 Å². The fourth-order valence-corrected chi connectivity index (χ4v) is 5.01. The molecule has 9 nitrogen and oxygen atoms in total. The van der Waals surface area contributed by atoms with Crippen LogP contribution in [0.1, 0.15) is 80.6 Å². The van der Waals surface area contributed by atoms with Crippen LogP contribution in [0.15, 0.2) is 36.0 Å². The summed E-state index contributed by atoms with van der Waals surface area (Å²) in [6.45, 7) is 12.4. The standard InChI is InChI=1S/C30H48O9/c1-8-23(32)21(5)28-25(38-28)16-29(7,34)14-9-10-19(3)27-20(4)11-12-24(37-22(6)31)18(2)13-15-30(35,36)17-26(33)39-27/h9-12,14,18,20-21,23-25,27-28,32,34-36H,8,13,15-17H2,1-7H3/b12-11+,14-9+,19-10+/t18?,20?,21-,23+,24?,25+,27?,28+,29+/m1/s1. The minimum atomic E-state index is -2.24. The molecule has 2 heterocycles. The Morgan fingerprint density at radius 3 is 2.56 bits per heavy atom. The van der Waals surface area contributed by atoms with E-state index in [-0.39, 0.29) is 36.4 Å². The van der Waals surface area contributed by atoms with Crippen LogP contribution < -0.4 is 0 Å². The van der Waals surface area contributed by atoms with Crippen molar-refractivity contribution in [3.8, 4) is 0 Å². The average molecular weight is 553 g/mol. The molecule has 0 aromatic heterocycles. The zero-order chi connectivity index (χ0) is 29.5. The minimum absolute atomic E-state index is 0.00717. The normalized spacial score (nSPS) is 34.1. The lowest BCUT2D eigenvalue weighted by Crippen LogP contribution is -2.36. The first kappa shape index (κ1) is 33.2. The van der Waals surface area contributed by atoms with Crippen LogP contribution in [0, 0.1) is 17.8 Å². The number of carbonyl (C=O) groups is 2. The maximum Gasteiger partial charge on any atom is 0.311 e. The largest absolute Gasteiger partial charge is 0.458 e. The fourth-order valence-electron chi connectivity index (χ4n) is 5.01. The molecule has 9 atom stereocenters. The predicted octanol–water partition coefficient (Wildman–Crippen LogP) is 3.34. The van der Waals surface area contributed by atoms with Crippen molar-refractivity contribution in [2.75, 3.05) is 0 Å². The monoisotopic (exact) mass is 552 g/mol. The maximum absolute atomic E-state index is 12.6. The lowest BCUT2D eigenvalue weighted by atomic mass is 9.90. The Morgan fingerprint density at radius 1 is 1.28 bits per heavy atom. The van der Waals surface area contributed by atoms with Gasteiger partial charge in [0.25, 0.3) is 0 Å². The number of cyclic esters (lactones) is 1. The molecule has 0 aliphatic carbocycles. The summed E-state index contributed by atoms with van der Waals surface area (Å²) < 4.78 is 16.8. The summed E-state index contributed by atoms with van der Waals surface area (Å²) in [6, 6.07) is 0. The number of aliphatic hydroxyl groups excluding tert-OH is 1. The molecule has 1 saturated heterocycles. The Balaban J connectivity index is 2.18. The molecular formula is C30H48O9. The van der Waals surface area contributed by atoms with E-state index in [4.69, 9.17) is 14.2 Å². The molecular weight excluding hydrogens is 504 g/mol. The van der Waals surface area contributed by atoms with Gasteiger partial charge in [-0.2, -0.15) is 0 Å². The highest BCUT2D eigenvalue weighted by Crippen LogP contribution is 2.37. The van der Waals surface area contributed by atoms with Crippen molar-refractivity contribution in [3.63, 3.8) is 0 Å². The third kappa shape index (κ3) is 10.8. The molecule has 2 aliphatic heterocycles. The predicted molar refractivity (Wildman–Crippen MR) is 146 cm³/mol. The third-order valence-electron chi connectivity index (χ3n) is 7.67. The van der Waals surface area contributed by atoms with Gasteiger partial charge >= 0.3 is 11.9 Å². The first-order valence-corrected chi connectivity index (χ1v) is 14.0. The number of allylic oxidation sites excluding steroid dienone is 2. The Kier molecular flexibility index (Phi) is 11.9. The third-order valence-corrected chi connectivity index (χ3v) is 7.67. The van der Waals surface area contributed by atoms with Crippen molar-refractivity contribution in [1.29, 1.82) is 0 Å². The van der Waals surface area contributed by atoms with E-state index < -0.39 is 48.1 Å². The van der Waals surface area contributed by atoms with Crippen molar-refractivity contribution < 1.29 is 44.2 Å². The molecule has 222 valence electrons. The van der Waals surface area contributed by atoms with E-state index in [1.165, 1.54) is 6.92 Å². The van der Waals surface area contributed by atoms with Gasteiger partial charge < -0.3 is 34.6 Å². The summed E-state index contributed by atoms with van der Waals surface area (Å²) in [5.41, 5.74) is -0.467. The van der Waals surface area contributed by atoms with Crippen molar-refractivity contribution >= 4 is 11.9 Å². The molecule has 2 aliphatic rings. The molecule has 0 aromatic carbocycles. The molecule has 0 bridgehead atoms. The summed E-state index contributed by atoms with van der Waals surface area (Å²) >= 11 is 0. The number of aliphatic hydroxyl groups is 4. The van der Waals surface area contributed by atoms with Crippen LogP contribution in [0.3, 0.4) is 0 Å². The number of epoxide rings is 1. The van der Waals surface area contributed by atoms with E-state index in [2.05, 4.69) is 0 Å². The number of carbonyl (C=O) groups excluding carboxylic acids is 2. The SMILES string of the molecule is CC[C@H](O)[C@@H](C)[C@@H]1O[C@H]1C[C@@](C)(O)/C=C/C=C(\C)C1OC(=O)CC(O)(O)CCC(C)C(OC(C)=O)/C=C/C1C. The second-order valence-corrected chi connectivity index (χ2v) is 11.7. The van der Waals surface area contributed by atoms with Gasteiger partial charge in [-0.15, -0.1) is 0 Å². The van der Waals surface area contributed by atoms with Gasteiger partial charge in [0.15, 0.2) is 5.79 Å². The lowest BCUT2D eigenvalue weighted by Gasteiger charge is -2.29. The number of rotatable bonds is 9. The van der Waals surface area contributed by atoms with Crippen molar-refractivity contribution in [3.05, 3.63) is 36.0 Å². The van der Waals surface area contributed by atoms with E-state index >= 15 is 0 Å². The van der Waals surface area contributed by atoms with Crippen LogP contribution >= 0.6 is 0 Å². The number of esters is 2. The fraction of sp³-hybridized carbons (Fsp3) is 0.733. The minimum Gasteiger partial charge on any atom is -0.458 e. The Hall–Kier alpha value is -2.04. The Morgan fingerprint density at radius 2 is 1.95 bits per heavy atom. The molecule has 0 spiro atoms. The average Bonchev–Trinajstić information content (AvgIpc) is 3.59. The molecule has 4 N–H and O–H groups in total. The molecule has 0 amide bonds. The van der Waals surface area contributed by atoms with Crippen LogP contribution in [-0.4, -0.2) is 74.3 Å². The van der Waals surface area contributed by atoms with E-state index in [0.717, 1.165) is 0 Å². The van der Waals surface area contributed by atoms with Crippen molar-refractivity contribution in [1.82, 2.24) is 0 Å². The quantitative estimate of drug-likeness (QED) is 0.111. The number of ether oxygens (including phenoxy) is 3. The summed E-state index contributed by atoms with van der Waals surface area (Å²) in [6.07, 6.45) is 7.44. The highest BCUT2D eigenvalue weighted by atomic mass is 16.6. The Bertz CT molecular complexity index is 919. The van der Waals surface area contributed by atoms with Gasteiger partial charge in [-0.1, -0.05) is 52.0 Å². The summed E-state index contributed by atoms with van der Waals surface area (Å²) in [7, 11) is 0. The molecule has 9 heteroatoms. The van der Waals surface area contributed by atoms with Gasteiger partial charge in [0, 0.05) is 31.6 Å². The van der Waals surface area contributed by atoms with Gasteiger partial charge in [0.1, 0.15) is 12.2 Å². The van der Waals surface area contributed by atoms with Gasteiger partial charge in [0.05, 0.1) is 30.3 Å². The topological polar surface area (TPSA) is 146 Å². The van der Waals surface area contributed by atoms with E-state index in [1.807, 2.05) is 33.8 Å². The van der Waals surface area contributed by atoms with Gasteiger partial charge in [-0.25, -0.2) is 0 Å². The number of hydrogen-bond donors (Lipinski definition) is 4. The van der Waals surface area contributed by atoms with Crippen molar-refractivity contribution in [2.45, 2.75) is 122 Å². The summed E-state index contributed by atoms with van der Waals surface area (Å²) in [4.78, 5) is 24.3. The van der Waals surface area contributed by atoms with Crippen LogP contribution in [0.25, 0.3) is 0 Å². The van der Waals surface area contributed by atoms with Gasteiger partial charge in [0.2, 0.25) is 0 Å². The zero-order valence-electron chi connectivity index (χ0n) is 24.4. The molecule has 2 rings (SSSR count). The molecule has 39 heavy (non-hydrogen) atoms. The molecule has 4 unspecified atom stereocenters. The second kappa shape index (κ2) is 14.0. The first-order valence-electron chi connectivity index (χ1n) is 14.0. The maximum atomic E-state index is 12.6. The van der Waals surface area contributed by atoms with Crippen LogP contribution in [-0.2, 0) is 23.8 Å². The van der Waals surface area contributed by atoms with Crippen LogP contribution in [0.2, 0.25) is 0 Å². The first-order chi connectivity index (χ1) is 18.0.